The van der Waals surface area contributed by atoms with Crippen LogP contribution in [0, 0.1) is 5.92 Å². The molecule has 1 aliphatic carbocycles. The molecule has 0 saturated heterocycles. The van der Waals surface area contributed by atoms with Crippen molar-refractivity contribution < 1.29 is 9.59 Å². The predicted molar refractivity (Wildman–Crippen MR) is 96.4 cm³/mol. The van der Waals surface area contributed by atoms with Gasteiger partial charge in [-0.3, -0.25) is 9.59 Å². The second-order valence-electron chi connectivity index (χ2n) is 6.73. The van der Waals surface area contributed by atoms with Crippen LogP contribution in [0.15, 0.2) is 30.3 Å². The molecule has 1 aliphatic rings. The van der Waals surface area contributed by atoms with Crippen molar-refractivity contribution in [2.45, 2.75) is 64.3 Å². The highest BCUT2D eigenvalue weighted by atomic mass is 16.2. The maximum Gasteiger partial charge on any atom is 0.239 e. The fourth-order valence-corrected chi connectivity index (χ4v) is 3.35. The van der Waals surface area contributed by atoms with E-state index in [2.05, 4.69) is 17.6 Å². The molecule has 4 heteroatoms. The molecule has 2 N–H and O–H groups in total. The van der Waals surface area contributed by atoms with Crippen LogP contribution < -0.4 is 10.6 Å². The number of unbranched alkanes of at least 4 members (excludes halogenated alkanes) is 2. The Bertz CT molecular complexity index is 510. The van der Waals surface area contributed by atoms with Crippen LogP contribution in [0.1, 0.15) is 69.9 Å². The van der Waals surface area contributed by atoms with Crippen molar-refractivity contribution in [2.75, 3.05) is 6.54 Å². The van der Waals surface area contributed by atoms with Gasteiger partial charge in [0.1, 0.15) is 0 Å². The zero-order valence-electron chi connectivity index (χ0n) is 14.7. The van der Waals surface area contributed by atoms with Crippen LogP contribution >= 0.6 is 0 Å². The van der Waals surface area contributed by atoms with Crippen LogP contribution in [0.5, 0.6) is 0 Å². The number of benzene rings is 1. The van der Waals surface area contributed by atoms with Crippen molar-refractivity contribution in [3.05, 3.63) is 35.9 Å². The number of hydrogen-bond donors (Lipinski definition) is 2. The van der Waals surface area contributed by atoms with E-state index in [4.69, 9.17) is 0 Å². The van der Waals surface area contributed by atoms with Crippen molar-refractivity contribution in [1.82, 2.24) is 10.6 Å². The summed E-state index contributed by atoms with van der Waals surface area (Å²) in [5.41, 5.74) is 1.13. The minimum Gasteiger partial charge on any atom is -0.348 e. The topological polar surface area (TPSA) is 58.2 Å². The van der Waals surface area contributed by atoms with Crippen LogP contribution in [0.3, 0.4) is 0 Å². The van der Waals surface area contributed by atoms with E-state index in [1.54, 1.807) is 0 Å². The van der Waals surface area contributed by atoms with Gasteiger partial charge in [0.2, 0.25) is 11.8 Å². The number of carbonyl (C=O) groups is 2. The van der Waals surface area contributed by atoms with E-state index in [-0.39, 0.29) is 30.3 Å². The highest BCUT2D eigenvalue weighted by Crippen LogP contribution is 2.24. The molecule has 0 heterocycles. The van der Waals surface area contributed by atoms with Gasteiger partial charge in [-0.1, -0.05) is 69.4 Å². The molecule has 0 spiro atoms. The van der Waals surface area contributed by atoms with Gasteiger partial charge in [0.15, 0.2) is 0 Å². The summed E-state index contributed by atoms with van der Waals surface area (Å²) in [4.78, 5) is 24.3. The van der Waals surface area contributed by atoms with Crippen LogP contribution in [0.2, 0.25) is 0 Å². The fraction of sp³-hybridized carbons (Fsp3) is 0.600. The molecule has 0 aliphatic heterocycles. The molecule has 2 amide bonds. The third-order valence-corrected chi connectivity index (χ3v) is 4.78. The standard InChI is InChI=1S/C20H30N2O2/c1-2-3-5-14-18(16-10-6-4-7-11-16)22-19(23)15-21-20(24)17-12-8-9-13-17/h4,6-7,10-11,17-18H,2-3,5,8-9,12-15H2,1H3,(H,21,24)(H,22,23). The summed E-state index contributed by atoms with van der Waals surface area (Å²) in [6.45, 7) is 2.25. The van der Waals surface area contributed by atoms with Crippen molar-refractivity contribution in [2.24, 2.45) is 5.92 Å². The van der Waals surface area contributed by atoms with Crippen LogP contribution in [0.25, 0.3) is 0 Å². The van der Waals surface area contributed by atoms with E-state index in [1.165, 1.54) is 0 Å². The van der Waals surface area contributed by atoms with Crippen LogP contribution in [-0.2, 0) is 9.59 Å². The van der Waals surface area contributed by atoms with Gasteiger partial charge >= 0.3 is 0 Å². The van der Waals surface area contributed by atoms with E-state index in [0.717, 1.165) is 56.9 Å². The normalized spacial score (nSPS) is 15.9. The Hall–Kier alpha value is -1.84. The summed E-state index contributed by atoms with van der Waals surface area (Å²) in [7, 11) is 0. The lowest BCUT2D eigenvalue weighted by molar-refractivity contribution is -0.128. The lowest BCUT2D eigenvalue weighted by atomic mass is 10.0. The predicted octanol–water partition coefficient (Wildman–Crippen LogP) is 3.73. The molecular formula is C20H30N2O2. The minimum atomic E-state index is -0.105. The van der Waals surface area contributed by atoms with Crippen molar-refractivity contribution in [1.29, 1.82) is 0 Å². The van der Waals surface area contributed by atoms with Gasteiger partial charge in [0.05, 0.1) is 12.6 Å². The Morgan fingerprint density at radius 1 is 1.12 bits per heavy atom. The quantitative estimate of drug-likeness (QED) is 0.678. The summed E-state index contributed by atoms with van der Waals surface area (Å²) in [6, 6.07) is 10.1. The lowest BCUT2D eigenvalue weighted by Crippen LogP contribution is -2.40. The Morgan fingerprint density at radius 2 is 1.83 bits per heavy atom. The third-order valence-electron chi connectivity index (χ3n) is 4.78. The van der Waals surface area contributed by atoms with E-state index in [0.29, 0.717) is 0 Å². The van der Waals surface area contributed by atoms with Gasteiger partial charge < -0.3 is 10.6 Å². The van der Waals surface area contributed by atoms with E-state index < -0.39 is 0 Å². The van der Waals surface area contributed by atoms with Gasteiger partial charge in [0, 0.05) is 5.92 Å². The molecule has 2 rings (SSSR count). The maximum atomic E-state index is 12.3. The molecule has 1 aromatic carbocycles. The summed E-state index contributed by atoms with van der Waals surface area (Å²) >= 11 is 0. The Balaban J connectivity index is 1.83. The molecule has 0 radical (unpaired) electrons. The summed E-state index contributed by atoms with van der Waals surface area (Å²) in [5, 5.41) is 5.88. The minimum absolute atomic E-state index is 0.0219. The zero-order chi connectivity index (χ0) is 17.2. The zero-order valence-corrected chi connectivity index (χ0v) is 14.7. The monoisotopic (exact) mass is 330 g/mol. The molecule has 1 atom stereocenters. The number of nitrogens with one attached hydrogen (secondary N) is 2. The Kier molecular flexibility index (Phi) is 7.80. The number of amides is 2. The first kappa shape index (κ1) is 18.5. The molecular weight excluding hydrogens is 300 g/mol. The second-order valence-corrected chi connectivity index (χ2v) is 6.73. The number of hydrogen-bond acceptors (Lipinski definition) is 2. The summed E-state index contributed by atoms with van der Waals surface area (Å²) in [6.07, 6.45) is 8.50. The van der Waals surface area contributed by atoms with Gasteiger partial charge in [-0.05, 0) is 24.8 Å². The highest BCUT2D eigenvalue weighted by Gasteiger charge is 2.23. The first-order chi connectivity index (χ1) is 11.7. The van der Waals surface area contributed by atoms with E-state index in [1.807, 2.05) is 30.3 Å². The van der Waals surface area contributed by atoms with Crippen molar-refractivity contribution in [3.8, 4) is 0 Å². The Labute approximate surface area is 145 Å². The third kappa shape index (κ3) is 5.99. The molecule has 1 unspecified atom stereocenters. The maximum absolute atomic E-state index is 12.3. The molecule has 0 bridgehead atoms. The largest absolute Gasteiger partial charge is 0.348 e. The van der Waals surface area contributed by atoms with E-state index >= 15 is 0 Å². The fourth-order valence-electron chi connectivity index (χ4n) is 3.35. The van der Waals surface area contributed by atoms with Crippen molar-refractivity contribution in [3.63, 3.8) is 0 Å². The average Bonchev–Trinajstić information content (AvgIpc) is 3.14. The van der Waals surface area contributed by atoms with Gasteiger partial charge in [-0.2, -0.15) is 0 Å². The second kappa shape index (κ2) is 10.1. The Morgan fingerprint density at radius 3 is 2.50 bits per heavy atom. The lowest BCUT2D eigenvalue weighted by Gasteiger charge is -2.20. The summed E-state index contributed by atoms with van der Waals surface area (Å²) < 4.78 is 0. The summed E-state index contributed by atoms with van der Waals surface area (Å²) in [5.74, 6) is 0.0314. The molecule has 1 saturated carbocycles. The van der Waals surface area contributed by atoms with Crippen LogP contribution in [0.4, 0.5) is 0 Å². The molecule has 24 heavy (non-hydrogen) atoms. The first-order valence-corrected chi connectivity index (χ1v) is 9.32. The van der Waals surface area contributed by atoms with Gasteiger partial charge in [-0.25, -0.2) is 0 Å². The van der Waals surface area contributed by atoms with E-state index in [9.17, 15) is 9.59 Å². The molecule has 132 valence electrons. The SMILES string of the molecule is CCCCCC(NC(=O)CNC(=O)C1CCCC1)c1ccccc1. The van der Waals surface area contributed by atoms with Gasteiger partial charge in [0.25, 0.3) is 0 Å². The first-order valence-electron chi connectivity index (χ1n) is 9.32. The van der Waals surface area contributed by atoms with Gasteiger partial charge in [-0.15, -0.1) is 0 Å². The van der Waals surface area contributed by atoms with Crippen molar-refractivity contribution >= 4 is 11.8 Å². The molecule has 4 nitrogen and oxygen atoms in total. The van der Waals surface area contributed by atoms with Crippen LogP contribution in [-0.4, -0.2) is 18.4 Å². The molecule has 0 aromatic heterocycles. The smallest absolute Gasteiger partial charge is 0.239 e. The number of carbonyl (C=O) groups excluding carboxylic acids is 2. The number of rotatable bonds is 9. The molecule has 1 fully saturated rings. The highest BCUT2D eigenvalue weighted by molar-refractivity contribution is 5.86. The molecule has 1 aromatic rings. The average molecular weight is 330 g/mol.